The minimum atomic E-state index is -4.13. The number of hydrogen-bond donors (Lipinski definition) is 2. The van der Waals surface area contributed by atoms with E-state index in [0.717, 1.165) is 0 Å². The lowest BCUT2D eigenvalue weighted by atomic mass is 10.2. The first-order chi connectivity index (χ1) is 8.76. The van der Waals surface area contributed by atoms with Gasteiger partial charge in [0.25, 0.3) is 0 Å². The molecule has 0 aromatic heterocycles. The molecule has 19 heavy (non-hydrogen) atoms. The smallest absolute Gasteiger partial charge is 0.389 e. The van der Waals surface area contributed by atoms with Crippen LogP contribution in [0.5, 0.6) is 0 Å². The zero-order valence-electron chi connectivity index (χ0n) is 11.0. The molecule has 0 saturated heterocycles. The summed E-state index contributed by atoms with van der Waals surface area (Å²) in [6, 6.07) is -0.829. The Bertz CT molecular complexity index is 295. The van der Waals surface area contributed by atoms with Crippen LogP contribution in [-0.2, 0) is 14.3 Å². The van der Waals surface area contributed by atoms with E-state index in [4.69, 9.17) is 0 Å². The van der Waals surface area contributed by atoms with Gasteiger partial charge < -0.3 is 15.4 Å². The highest BCUT2D eigenvalue weighted by molar-refractivity contribution is 5.83. The fraction of sp³-hybridized carbons (Fsp3) is 0.818. The fourth-order valence-corrected chi connectivity index (χ4v) is 1.40. The van der Waals surface area contributed by atoms with Crippen molar-refractivity contribution in [2.24, 2.45) is 0 Å². The topological polar surface area (TPSA) is 67.4 Å². The first-order valence-corrected chi connectivity index (χ1v) is 5.88. The highest BCUT2D eigenvalue weighted by atomic mass is 19.4. The molecule has 112 valence electrons. The first-order valence-electron chi connectivity index (χ1n) is 5.88. The quantitative estimate of drug-likeness (QED) is 0.515. The predicted molar refractivity (Wildman–Crippen MR) is 62.4 cm³/mol. The predicted octanol–water partition coefficient (Wildman–Crippen LogP) is 0.986. The van der Waals surface area contributed by atoms with Crippen LogP contribution in [0.1, 0.15) is 26.2 Å². The number of rotatable bonds is 8. The molecule has 0 radical (unpaired) electrons. The summed E-state index contributed by atoms with van der Waals surface area (Å²) in [5.74, 6) is -0.979. The number of unbranched alkanes of at least 4 members (excludes halogenated alkanes) is 1. The lowest BCUT2D eigenvalue weighted by Gasteiger charge is -2.16. The molecule has 5 nitrogen and oxygen atoms in total. The lowest BCUT2D eigenvalue weighted by Crippen LogP contribution is -2.47. The summed E-state index contributed by atoms with van der Waals surface area (Å²) in [5.41, 5.74) is 0. The second-order valence-electron chi connectivity index (χ2n) is 4.05. The minimum absolute atomic E-state index is 0.0273. The first kappa shape index (κ1) is 17.7. The van der Waals surface area contributed by atoms with Crippen LogP contribution in [-0.4, -0.2) is 44.3 Å². The van der Waals surface area contributed by atoms with Crippen LogP contribution in [0.3, 0.4) is 0 Å². The molecule has 0 aliphatic heterocycles. The highest BCUT2D eigenvalue weighted by Gasteiger charge is 2.25. The van der Waals surface area contributed by atoms with Gasteiger partial charge in [-0.25, -0.2) is 4.79 Å². The Morgan fingerprint density at radius 3 is 2.37 bits per heavy atom. The summed E-state index contributed by atoms with van der Waals surface area (Å²) in [5, 5.41) is 5.20. The molecule has 0 aromatic carbocycles. The van der Waals surface area contributed by atoms with Gasteiger partial charge in [-0.1, -0.05) is 0 Å². The number of halogens is 3. The van der Waals surface area contributed by atoms with E-state index in [0.29, 0.717) is 13.0 Å². The lowest BCUT2D eigenvalue weighted by molar-refractivity contribution is -0.144. The SMILES string of the molecule is COC(=O)C(CNCCCCC(F)(F)F)NC(C)=O. The van der Waals surface area contributed by atoms with Gasteiger partial charge in [0.15, 0.2) is 0 Å². The van der Waals surface area contributed by atoms with Gasteiger partial charge in [0.2, 0.25) is 5.91 Å². The maximum atomic E-state index is 11.9. The number of carbonyl (C=O) groups excluding carboxylic acids is 2. The Morgan fingerprint density at radius 2 is 1.89 bits per heavy atom. The zero-order valence-corrected chi connectivity index (χ0v) is 11.0. The number of nitrogens with one attached hydrogen (secondary N) is 2. The Kier molecular flexibility index (Phi) is 8.13. The molecule has 2 N–H and O–H groups in total. The van der Waals surface area contributed by atoms with Crippen LogP contribution < -0.4 is 10.6 Å². The van der Waals surface area contributed by atoms with E-state index in [1.165, 1.54) is 14.0 Å². The average Bonchev–Trinajstić information content (AvgIpc) is 2.29. The number of amides is 1. The zero-order chi connectivity index (χ0) is 14.9. The Morgan fingerprint density at radius 1 is 1.26 bits per heavy atom. The Hall–Kier alpha value is -1.31. The molecular formula is C11H19F3N2O3. The number of esters is 1. The summed E-state index contributed by atoms with van der Waals surface area (Å²) in [4.78, 5) is 22.1. The van der Waals surface area contributed by atoms with Gasteiger partial charge >= 0.3 is 12.1 Å². The normalized spacial score (nSPS) is 12.9. The van der Waals surface area contributed by atoms with Gasteiger partial charge in [0.05, 0.1) is 7.11 Å². The third-order valence-electron chi connectivity index (χ3n) is 2.28. The van der Waals surface area contributed by atoms with Crippen molar-refractivity contribution in [3.05, 3.63) is 0 Å². The van der Waals surface area contributed by atoms with Crippen LogP contribution in [0, 0.1) is 0 Å². The van der Waals surface area contributed by atoms with Crippen LogP contribution in [0.15, 0.2) is 0 Å². The van der Waals surface area contributed by atoms with Crippen molar-refractivity contribution in [3.8, 4) is 0 Å². The van der Waals surface area contributed by atoms with E-state index in [9.17, 15) is 22.8 Å². The van der Waals surface area contributed by atoms with Crippen LogP contribution in [0.2, 0.25) is 0 Å². The number of hydrogen-bond acceptors (Lipinski definition) is 4. The summed E-state index contributed by atoms with van der Waals surface area (Å²) in [6.45, 7) is 1.72. The van der Waals surface area contributed by atoms with E-state index in [1.807, 2.05) is 0 Å². The van der Waals surface area contributed by atoms with Crippen molar-refractivity contribution < 1.29 is 27.5 Å². The van der Waals surface area contributed by atoms with Gasteiger partial charge in [-0.05, 0) is 19.4 Å². The molecule has 0 heterocycles. The van der Waals surface area contributed by atoms with Crippen molar-refractivity contribution in [2.75, 3.05) is 20.2 Å². The molecule has 0 aromatic rings. The largest absolute Gasteiger partial charge is 0.467 e. The molecule has 0 aliphatic rings. The molecule has 8 heteroatoms. The summed E-state index contributed by atoms with van der Waals surface area (Å²) >= 11 is 0. The minimum Gasteiger partial charge on any atom is -0.467 e. The van der Waals surface area contributed by atoms with Gasteiger partial charge in [-0.3, -0.25) is 4.79 Å². The molecular weight excluding hydrogens is 265 g/mol. The molecule has 1 atom stereocenters. The van der Waals surface area contributed by atoms with Crippen LogP contribution >= 0.6 is 0 Å². The van der Waals surface area contributed by atoms with Gasteiger partial charge in [-0.15, -0.1) is 0 Å². The standard InChI is InChI=1S/C11H19F3N2O3/c1-8(17)16-9(10(18)19-2)7-15-6-4-3-5-11(12,13)14/h9,15H,3-7H2,1-2H3,(H,16,17). The van der Waals surface area contributed by atoms with Gasteiger partial charge in [0, 0.05) is 19.9 Å². The van der Waals surface area contributed by atoms with Crippen molar-refractivity contribution in [2.45, 2.75) is 38.4 Å². The maximum Gasteiger partial charge on any atom is 0.389 e. The maximum absolute atomic E-state index is 11.9. The fourth-order valence-electron chi connectivity index (χ4n) is 1.40. The third-order valence-corrected chi connectivity index (χ3v) is 2.28. The van der Waals surface area contributed by atoms with E-state index < -0.39 is 24.6 Å². The molecule has 0 aliphatic carbocycles. The van der Waals surface area contributed by atoms with Crippen molar-refractivity contribution in [3.63, 3.8) is 0 Å². The van der Waals surface area contributed by atoms with Crippen LogP contribution in [0.4, 0.5) is 13.2 Å². The van der Waals surface area contributed by atoms with Crippen molar-refractivity contribution >= 4 is 11.9 Å². The van der Waals surface area contributed by atoms with E-state index >= 15 is 0 Å². The number of ether oxygens (including phenoxy) is 1. The van der Waals surface area contributed by atoms with Crippen molar-refractivity contribution in [1.82, 2.24) is 10.6 Å². The molecule has 0 bridgehead atoms. The van der Waals surface area contributed by atoms with E-state index in [1.54, 1.807) is 0 Å². The summed E-state index contributed by atoms with van der Waals surface area (Å²) in [6.07, 6.45) is -4.58. The summed E-state index contributed by atoms with van der Waals surface area (Å²) in [7, 11) is 1.19. The molecule has 0 saturated carbocycles. The summed E-state index contributed by atoms with van der Waals surface area (Å²) < 4.78 is 40.1. The number of carbonyl (C=O) groups is 2. The molecule has 0 spiro atoms. The van der Waals surface area contributed by atoms with E-state index in [-0.39, 0.29) is 18.9 Å². The molecule has 0 fully saturated rings. The van der Waals surface area contributed by atoms with Crippen molar-refractivity contribution in [1.29, 1.82) is 0 Å². The molecule has 0 rings (SSSR count). The Balaban J connectivity index is 3.81. The van der Waals surface area contributed by atoms with Crippen LogP contribution in [0.25, 0.3) is 0 Å². The second kappa shape index (κ2) is 8.73. The second-order valence-corrected chi connectivity index (χ2v) is 4.05. The number of alkyl halides is 3. The Labute approximate surface area is 109 Å². The van der Waals surface area contributed by atoms with Gasteiger partial charge in [0.1, 0.15) is 6.04 Å². The number of methoxy groups -OCH3 is 1. The van der Waals surface area contributed by atoms with Gasteiger partial charge in [-0.2, -0.15) is 13.2 Å². The molecule has 1 unspecified atom stereocenters. The average molecular weight is 284 g/mol. The monoisotopic (exact) mass is 284 g/mol. The third kappa shape index (κ3) is 10.3. The van der Waals surface area contributed by atoms with E-state index in [2.05, 4.69) is 15.4 Å². The molecule has 1 amide bonds. The highest BCUT2D eigenvalue weighted by Crippen LogP contribution is 2.21.